The molecule has 0 aliphatic carbocycles. The maximum absolute atomic E-state index is 12.3. The van der Waals surface area contributed by atoms with E-state index in [1.807, 2.05) is 0 Å². The first-order chi connectivity index (χ1) is 9.40. The Balaban J connectivity index is 2.18. The number of carbonyl (C=O) groups is 1. The van der Waals surface area contributed by atoms with Crippen molar-refractivity contribution in [1.29, 1.82) is 0 Å². The molecule has 1 N–H and O–H groups in total. The SMILES string of the molecule is O=C(O)c1ccc(CS(=O)(=O)C2CCOCC2)c(Br)c1. The molecule has 7 heteroatoms. The van der Waals surface area contributed by atoms with Crippen LogP contribution in [0.25, 0.3) is 0 Å². The molecule has 0 amide bonds. The summed E-state index contributed by atoms with van der Waals surface area (Å²) in [4.78, 5) is 10.8. The van der Waals surface area contributed by atoms with Gasteiger partial charge < -0.3 is 9.84 Å². The van der Waals surface area contributed by atoms with Gasteiger partial charge in [0.15, 0.2) is 9.84 Å². The van der Waals surface area contributed by atoms with E-state index in [1.54, 1.807) is 6.07 Å². The predicted molar refractivity (Wildman–Crippen MR) is 77.6 cm³/mol. The number of halogens is 1. The molecular formula is C13H15BrO5S. The van der Waals surface area contributed by atoms with Crippen molar-refractivity contribution in [3.8, 4) is 0 Å². The van der Waals surface area contributed by atoms with Gasteiger partial charge in [-0.2, -0.15) is 0 Å². The highest BCUT2D eigenvalue weighted by atomic mass is 79.9. The lowest BCUT2D eigenvalue weighted by atomic mass is 10.1. The van der Waals surface area contributed by atoms with E-state index in [4.69, 9.17) is 9.84 Å². The molecule has 1 aliphatic rings. The number of carboxylic acids is 1. The van der Waals surface area contributed by atoms with Gasteiger partial charge in [0, 0.05) is 17.7 Å². The van der Waals surface area contributed by atoms with Crippen LogP contribution in [-0.2, 0) is 20.3 Å². The molecule has 20 heavy (non-hydrogen) atoms. The molecule has 5 nitrogen and oxygen atoms in total. The minimum atomic E-state index is -3.25. The molecule has 0 saturated carbocycles. The van der Waals surface area contributed by atoms with Gasteiger partial charge in [-0.1, -0.05) is 22.0 Å². The van der Waals surface area contributed by atoms with Gasteiger partial charge in [-0.3, -0.25) is 0 Å². The monoisotopic (exact) mass is 362 g/mol. The third-order valence-electron chi connectivity index (χ3n) is 3.33. The van der Waals surface area contributed by atoms with Gasteiger partial charge in [0.05, 0.1) is 16.6 Å². The summed E-state index contributed by atoms with van der Waals surface area (Å²) in [5.41, 5.74) is 0.714. The molecule has 0 spiro atoms. The second-order valence-corrected chi connectivity index (χ2v) is 7.87. The fourth-order valence-corrected chi connectivity index (χ4v) is 4.70. The topological polar surface area (TPSA) is 80.7 Å². The Labute approximate surface area is 126 Å². The molecule has 0 unspecified atom stereocenters. The number of ether oxygens (including phenoxy) is 1. The van der Waals surface area contributed by atoms with E-state index in [9.17, 15) is 13.2 Å². The van der Waals surface area contributed by atoms with Crippen molar-refractivity contribution in [3.63, 3.8) is 0 Å². The molecule has 1 saturated heterocycles. The predicted octanol–water partition coefficient (Wildman–Crippen LogP) is 2.24. The second-order valence-electron chi connectivity index (χ2n) is 4.73. The van der Waals surface area contributed by atoms with Gasteiger partial charge in [0.2, 0.25) is 0 Å². The van der Waals surface area contributed by atoms with Crippen molar-refractivity contribution in [3.05, 3.63) is 33.8 Å². The van der Waals surface area contributed by atoms with Gasteiger partial charge in [-0.15, -0.1) is 0 Å². The van der Waals surface area contributed by atoms with Crippen molar-refractivity contribution in [1.82, 2.24) is 0 Å². The quantitative estimate of drug-likeness (QED) is 0.888. The first-order valence-electron chi connectivity index (χ1n) is 6.21. The molecule has 2 rings (SSSR count). The summed E-state index contributed by atoms with van der Waals surface area (Å²) in [7, 11) is -3.25. The number of hydrogen-bond acceptors (Lipinski definition) is 4. The average Bonchev–Trinajstić information content (AvgIpc) is 2.41. The molecule has 0 bridgehead atoms. The van der Waals surface area contributed by atoms with Crippen molar-refractivity contribution in [2.24, 2.45) is 0 Å². The fourth-order valence-electron chi connectivity index (χ4n) is 2.17. The maximum atomic E-state index is 12.3. The highest BCUT2D eigenvalue weighted by molar-refractivity contribution is 9.10. The zero-order valence-electron chi connectivity index (χ0n) is 10.7. The molecule has 1 aliphatic heterocycles. The summed E-state index contributed by atoms with van der Waals surface area (Å²) in [6.45, 7) is 0.950. The molecule has 1 heterocycles. The number of aromatic carboxylic acids is 1. The summed E-state index contributed by atoms with van der Waals surface area (Å²) in [6.07, 6.45) is 1.04. The molecule has 0 radical (unpaired) electrons. The highest BCUT2D eigenvalue weighted by Gasteiger charge is 2.28. The van der Waals surface area contributed by atoms with E-state index in [0.29, 0.717) is 36.1 Å². The highest BCUT2D eigenvalue weighted by Crippen LogP contribution is 2.25. The Morgan fingerprint density at radius 2 is 2.00 bits per heavy atom. The number of sulfone groups is 1. The zero-order valence-corrected chi connectivity index (χ0v) is 13.1. The number of rotatable bonds is 4. The third-order valence-corrected chi connectivity index (χ3v) is 6.27. The Kier molecular flexibility index (Phi) is 4.82. The Morgan fingerprint density at radius 1 is 1.35 bits per heavy atom. The lowest BCUT2D eigenvalue weighted by molar-refractivity contribution is 0.0697. The molecular weight excluding hydrogens is 348 g/mol. The van der Waals surface area contributed by atoms with Gasteiger partial charge >= 0.3 is 5.97 Å². The minimum absolute atomic E-state index is 0.0852. The third kappa shape index (κ3) is 3.59. The van der Waals surface area contributed by atoms with E-state index in [0.717, 1.165) is 0 Å². The van der Waals surface area contributed by atoms with Crippen molar-refractivity contribution >= 4 is 31.7 Å². The van der Waals surface area contributed by atoms with Gasteiger partial charge in [-0.25, -0.2) is 13.2 Å². The molecule has 110 valence electrons. The van der Waals surface area contributed by atoms with E-state index in [-0.39, 0.29) is 16.6 Å². The van der Waals surface area contributed by atoms with Crippen molar-refractivity contribution in [2.45, 2.75) is 23.8 Å². The van der Waals surface area contributed by atoms with Gasteiger partial charge in [0.1, 0.15) is 0 Å². The first kappa shape index (κ1) is 15.5. The zero-order chi connectivity index (χ0) is 14.8. The summed E-state index contributed by atoms with van der Waals surface area (Å²) in [5, 5.41) is 8.51. The van der Waals surface area contributed by atoms with Crippen LogP contribution in [0.1, 0.15) is 28.8 Å². The van der Waals surface area contributed by atoms with Crippen LogP contribution in [0.5, 0.6) is 0 Å². The van der Waals surface area contributed by atoms with Gasteiger partial charge in [0.25, 0.3) is 0 Å². The lowest BCUT2D eigenvalue weighted by Crippen LogP contribution is -2.29. The van der Waals surface area contributed by atoms with E-state index < -0.39 is 15.8 Å². The van der Waals surface area contributed by atoms with E-state index in [2.05, 4.69) is 15.9 Å². The van der Waals surface area contributed by atoms with Crippen molar-refractivity contribution < 1.29 is 23.1 Å². The van der Waals surface area contributed by atoms with Crippen LogP contribution in [0.2, 0.25) is 0 Å². The van der Waals surface area contributed by atoms with Crippen LogP contribution in [0, 0.1) is 0 Å². The minimum Gasteiger partial charge on any atom is -0.478 e. The van der Waals surface area contributed by atoms with Crippen LogP contribution >= 0.6 is 15.9 Å². The van der Waals surface area contributed by atoms with Crippen LogP contribution < -0.4 is 0 Å². The van der Waals surface area contributed by atoms with Crippen LogP contribution in [0.4, 0.5) is 0 Å². The smallest absolute Gasteiger partial charge is 0.335 e. The molecule has 0 atom stereocenters. The number of carboxylic acid groups (broad SMARTS) is 1. The summed E-state index contributed by atoms with van der Waals surface area (Å²) >= 11 is 3.24. The Bertz CT molecular complexity index is 605. The molecule has 0 aromatic heterocycles. The van der Waals surface area contributed by atoms with E-state index in [1.165, 1.54) is 12.1 Å². The second kappa shape index (κ2) is 6.24. The summed E-state index contributed by atoms with van der Waals surface area (Å²) in [5.74, 6) is -1.12. The van der Waals surface area contributed by atoms with Crippen LogP contribution in [0.15, 0.2) is 22.7 Å². The van der Waals surface area contributed by atoms with Crippen molar-refractivity contribution in [2.75, 3.05) is 13.2 Å². The molecule has 1 aromatic rings. The largest absolute Gasteiger partial charge is 0.478 e. The number of hydrogen-bond donors (Lipinski definition) is 1. The van der Waals surface area contributed by atoms with E-state index >= 15 is 0 Å². The first-order valence-corrected chi connectivity index (χ1v) is 8.72. The molecule has 1 aromatic carbocycles. The fraction of sp³-hybridized carbons (Fsp3) is 0.462. The Hall–Kier alpha value is -0.920. The van der Waals surface area contributed by atoms with Gasteiger partial charge in [-0.05, 0) is 30.5 Å². The standard InChI is InChI=1S/C13H15BrO5S/c14-12-7-9(13(15)16)1-2-10(12)8-20(17,18)11-3-5-19-6-4-11/h1-2,7,11H,3-6,8H2,(H,15,16). The maximum Gasteiger partial charge on any atom is 0.335 e. The summed E-state index contributed by atoms with van der Waals surface area (Å²) < 4.78 is 30.3. The average molecular weight is 363 g/mol. The van der Waals surface area contributed by atoms with Crippen LogP contribution in [-0.4, -0.2) is 38.0 Å². The Morgan fingerprint density at radius 3 is 2.55 bits per heavy atom. The number of benzene rings is 1. The normalized spacial score (nSPS) is 17.1. The summed E-state index contributed by atoms with van der Waals surface area (Å²) in [6, 6.07) is 4.39. The van der Waals surface area contributed by atoms with Crippen LogP contribution in [0.3, 0.4) is 0 Å². The lowest BCUT2D eigenvalue weighted by Gasteiger charge is -2.22. The molecule has 1 fully saturated rings.